The van der Waals surface area contributed by atoms with Gasteiger partial charge >= 0.3 is 0 Å². The maximum Gasteiger partial charge on any atom is 0.119 e. The summed E-state index contributed by atoms with van der Waals surface area (Å²) < 4.78 is 7.74. The number of aromatic nitrogens is 2. The van der Waals surface area contributed by atoms with Crippen LogP contribution in [0, 0.1) is 0 Å². The molecule has 0 spiro atoms. The summed E-state index contributed by atoms with van der Waals surface area (Å²) in [6, 6.07) is 8.04. The molecular formula is C15H21N3O. The topological polar surface area (TPSA) is 39.1 Å². The summed E-state index contributed by atoms with van der Waals surface area (Å²) in [4.78, 5) is 4.15. The maximum absolute atomic E-state index is 5.61. The van der Waals surface area contributed by atoms with Crippen molar-refractivity contribution in [3.63, 3.8) is 0 Å². The first-order chi connectivity index (χ1) is 9.19. The van der Waals surface area contributed by atoms with E-state index in [1.807, 2.05) is 50.6 Å². The van der Waals surface area contributed by atoms with Gasteiger partial charge in [0, 0.05) is 18.4 Å². The molecule has 4 nitrogen and oxygen atoms in total. The molecule has 1 N–H and O–H groups in total. The summed E-state index contributed by atoms with van der Waals surface area (Å²) in [7, 11) is 0. The van der Waals surface area contributed by atoms with Crippen LogP contribution in [-0.2, 0) is 13.1 Å². The van der Waals surface area contributed by atoms with Crippen molar-refractivity contribution in [2.24, 2.45) is 0 Å². The minimum absolute atomic E-state index is 0.206. The highest BCUT2D eigenvalue weighted by molar-refractivity contribution is 5.46. The summed E-state index contributed by atoms with van der Waals surface area (Å²) in [5, 5.41) is 3.39. The molecule has 19 heavy (non-hydrogen) atoms. The predicted octanol–water partition coefficient (Wildman–Crippen LogP) is 3.30. The quantitative estimate of drug-likeness (QED) is 0.865. The molecule has 1 heterocycles. The van der Waals surface area contributed by atoms with Gasteiger partial charge in [-0.25, -0.2) is 4.98 Å². The van der Waals surface area contributed by atoms with Gasteiger partial charge in [0.25, 0.3) is 0 Å². The summed E-state index contributed by atoms with van der Waals surface area (Å²) in [5.41, 5.74) is 2.27. The lowest BCUT2D eigenvalue weighted by molar-refractivity contribution is 0.242. The molecule has 0 unspecified atom stereocenters. The van der Waals surface area contributed by atoms with Gasteiger partial charge in [-0.2, -0.15) is 0 Å². The van der Waals surface area contributed by atoms with Gasteiger partial charge in [0.1, 0.15) is 5.75 Å². The monoisotopic (exact) mass is 259 g/mol. The number of rotatable bonds is 6. The molecular weight excluding hydrogens is 238 g/mol. The van der Waals surface area contributed by atoms with Crippen molar-refractivity contribution in [3.05, 3.63) is 42.5 Å². The highest BCUT2D eigenvalue weighted by Gasteiger charge is 2.01. The number of anilines is 1. The van der Waals surface area contributed by atoms with E-state index in [0.717, 1.165) is 24.5 Å². The Labute approximate surface area is 114 Å². The number of imidazole rings is 1. The third kappa shape index (κ3) is 3.74. The third-order valence-corrected chi connectivity index (χ3v) is 2.84. The zero-order valence-electron chi connectivity index (χ0n) is 11.8. The molecule has 0 fully saturated rings. The van der Waals surface area contributed by atoms with Gasteiger partial charge < -0.3 is 14.6 Å². The molecule has 0 aliphatic rings. The molecule has 1 aromatic carbocycles. The molecule has 2 rings (SSSR count). The number of nitrogens with zero attached hydrogens (tertiary/aromatic N) is 2. The van der Waals surface area contributed by atoms with E-state index >= 15 is 0 Å². The Morgan fingerprint density at radius 3 is 2.63 bits per heavy atom. The van der Waals surface area contributed by atoms with Crippen LogP contribution in [0.2, 0.25) is 0 Å². The Kier molecular flexibility index (Phi) is 4.44. The second-order valence-electron chi connectivity index (χ2n) is 4.72. The SMILES string of the molecule is CCn1cncc1CNc1ccc(OC(C)C)cc1. The summed E-state index contributed by atoms with van der Waals surface area (Å²) in [6.07, 6.45) is 3.96. The number of benzene rings is 1. The molecule has 0 saturated carbocycles. The standard InChI is InChI=1S/C15H21N3O/c1-4-18-11-16-9-14(18)10-17-13-5-7-15(8-6-13)19-12(2)3/h5-9,11-12,17H,4,10H2,1-3H3. The van der Waals surface area contributed by atoms with Gasteiger partial charge in [-0.1, -0.05) is 0 Å². The molecule has 0 amide bonds. The fraction of sp³-hybridized carbons (Fsp3) is 0.400. The van der Waals surface area contributed by atoms with Gasteiger partial charge in [0.05, 0.1) is 24.7 Å². The summed E-state index contributed by atoms with van der Waals surface area (Å²) in [5.74, 6) is 0.902. The number of nitrogens with one attached hydrogen (secondary N) is 1. The fourth-order valence-electron chi connectivity index (χ4n) is 1.90. The van der Waals surface area contributed by atoms with Crippen molar-refractivity contribution in [2.45, 2.75) is 40.0 Å². The molecule has 0 bridgehead atoms. The first kappa shape index (κ1) is 13.5. The van der Waals surface area contributed by atoms with Crippen molar-refractivity contribution in [3.8, 4) is 5.75 Å². The fourth-order valence-corrected chi connectivity index (χ4v) is 1.90. The van der Waals surface area contributed by atoms with E-state index in [0.29, 0.717) is 0 Å². The van der Waals surface area contributed by atoms with E-state index in [9.17, 15) is 0 Å². The Bertz CT molecular complexity index is 502. The van der Waals surface area contributed by atoms with E-state index in [1.165, 1.54) is 5.69 Å². The van der Waals surface area contributed by atoms with Gasteiger partial charge in [-0.3, -0.25) is 0 Å². The molecule has 0 aliphatic carbocycles. The van der Waals surface area contributed by atoms with E-state index in [-0.39, 0.29) is 6.10 Å². The normalized spacial score (nSPS) is 10.7. The highest BCUT2D eigenvalue weighted by atomic mass is 16.5. The van der Waals surface area contributed by atoms with Crippen LogP contribution in [0.25, 0.3) is 0 Å². The minimum atomic E-state index is 0.206. The maximum atomic E-state index is 5.61. The van der Waals surface area contributed by atoms with Crippen LogP contribution in [0.15, 0.2) is 36.8 Å². The number of aryl methyl sites for hydroxylation is 1. The number of hydrogen-bond donors (Lipinski definition) is 1. The van der Waals surface area contributed by atoms with Crippen molar-refractivity contribution in [2.75, 3.05) is 5.32 Å². The predicted molar refractivity (Wildman–Crippen MR) is 77.4 cm³/mol. The molecule has 0 aliphatic heterocycles. The first-order valence-corrected chi connectivity index (χ1v) is 6.68. The van der Waals surface area contributed by atoms with Crippen molar-refractivity contribution in [1.29, 1.82) is 0 Å². The molecule has 0 saturated heterocycles. The summed E-state index contributed by atoms with van der Waals surface area (Å²) in [6.45, 7) is 7.88. The van der Waals surface area contributed by atoms with E-state index in [1.54, 1.807) is 0 Å². The van der Waals surface area contributed by atoms with E-state index < -0.39 is 0 Å². The van der Waals surface area contributed by atoms with Crippen LogP contribution in [0.3, 0.4) is 0 Å². The van der Waals surface area contributed by atoms with Crippen LogP contribution in [0.5, 0.6) is 5.75 Å². The number of hydrogen-bond acceptors (Lipinski definition) is 3. The van der Waals surface area contributed by atoms with Gasteiger partial charge in [-0.05, 0) is 45.0 Å². The van der Waals surface area contributed by atoms with Gasteiger partial charge in [0.2, 0.25) is 0 Å². The average molecular weight is 259 g/mol. The number of ether oxygens (including phenoxy) is 1. The van der Waals surface area contributed by atoms with Crippen molar-refractivity contribution in [1.82, 2.24) is 9.55 Å². The minimum Gasteiger partial charge on any atom is -0.491 e. The van der Waals surface area contributed by atoms with Crippen LogP contribution in [-0.4, -0.2) is 15.7 Å². The van der Waals surface area contributed by atoms with Crippen molar-refractivity contribution >= 4 is 5.69 Å². The largest absolute Gasteiger partial charge is 0.491 e. The first-order valence-electron chi connectivity index (χ1n) is 6.68. The summed E-state index contributed by atoms with van der Waals surface area (Å²) >= 11 is 0. The second kappa shape index (κ2) is 6.27. The molecule has 102 valence electrons. The smallest absolute Gasteiger partial charge is 0.119 e. The lowest BCUT2D eigenvalue weighted by Gasteiger charge is -2.11. The lowest BCUT2D eigenvalue weighted by Crippen LogP contribution is -2.07. The molecule has 1 aromatic heterocycles. The molecule has 0 atom stereocenters. The molecule has 0 radical (unpaired) electrons. The second-order valence-corrected chi connectivity index (χ2v) is 4.72. The third-order valence-electron chi connectivity index (χ3n) is 2.84. The Morgan fingerprint density at radius 1 is 1.26 bits per heavy atom. The van der Waals surface area contributed by atoms with E-state index in [4.69, 9.17) is 4.74 Å². The Hall–Kier alpha value is -1.97. The molecule has 2 aromatic rings. The van der Waals surface area contributed by atoms with Crippen molar-refractivity contribution < 1.29 is 4.74 Å². The van der Waals surface area contributed by atoms with Gasteiger partial charge in [0.15, 0.2) is 0 Å². The van der Waals surface area contributed by atoms with Crippen LogP contribution in [0.1, 0.15) is 26.5 Å². The average Bonchev–Trinajstić information content (AvgIpc) is 2.84. The highest BCUT2D eigenvalue weighted by Crippen LogP contribution is 2.17. The Morgan fingerprint density at radius 2 is 2.00 bits per heavy atom. The zero-order chi connectivity index (χ0) is 13.7. The molecule has 4 heteroatoms. The lowest BCUT2D eigenvalue weighted by atomic mass is 10.3. The van der Waals surface area contributed by atoms with Crippen LogP contribution in [0.4, 0.5) is 5.69 Å². The Balaban J connectivity index is 1.93. The van der Waals surface area contributed by atoms with Gasteiger partial charge in [-0.15, -0.1) is 0 Å². The van der Waals surface area contributed by atoms with E-state index in [2.05, 4.69) is 21.8 Å². The van der Waals surface area contributed by atoms with Crippen LogP contribution < -0.4 is 10.1 Å². The van der Waals surface area contributed by atoms with Crippen LogP contribution >= 0.6 is 0 Å². The zero-order valence-corrected chi connectivity index (χ0v) is 11.8.